The highest BCUT2D eigenvalue weighted by atomic mass is 35.5. The topological polar surface area (TPSA) is 26.3 Å². The maximum Gasteiger partial charge on any atom is 0.314 e. The Morgan fingerprint density at radius 2 is 1.92 bits per heavy atom. The summed E-state index contributed by atoms with van der Waals surface area (Å²) >= 11 is 12.1. The van der Waals surface area contributed by atoms with Gasteiger partial charge in [-0.1, -0.05) is 30.1 Å². The molecule has 68 valence electrons. The second-order valence-electron chi connectivity index (χ2n) is 4.06. The number of ether oxygens (including phenoxy) is 1. The van der Waals surface area contributed by atoms with E-state index in [1.54, 1.807) is 0 Å². The third kappa shape index (κ3) is 0.569. The summed E-state index contributed by atoms with van der Waals surface area (Å²) in [7, 11) is 1.37. The quantitative estimate of drug-likeness (QED) is 0.488. The summed E-state index contributed by atoms with van der Waals surface area (Å²) in [6.45, 7) is 2.00. The second kappa shape index (κ2) is 1.93. The number of hydrogen-bond acceptors (Lipinski definition) is 2. The van der Waals surface area contributed by atoms with Crippen molar-refractivity contribution >= 4 is 29.2 Å². The fraction of sp³-hybridized carbons (Fsp3) is 0.875. The van der Waals surface area contributed by atoms with Crippen molar-refractivity contribution in [3.05, 3.63) is 0 Å². The van der Waals surface area contributed by atoms with Crippen molar-refractivity contribution in [3.8, 4) is 0 Å². The van der Waals surface area contributed by atoms with E-state index in [-0.39, 0.29) is 11.4 Å². The highest BCUT2D eigenvalue weighted by molar-refractivity contribution is 6.52. The number of halogens is 2. The zero-order valence-corrected chi connectivity index (χ0v) is 8.50. The lowest BCUT2D eigenvalue weighted by Crippen LogP contribution is -2.79. The summed E-state index contributed by atoms with van der Waals surface area (Å²) in [6, 6.07) is 0. The third-order valence-corrected chi connectivity index (χ3v) is 4.96. The van der Waals surface area contributed by atoms with Crippen molar-refractivity contribution < 1.29 is 9.53 Å². The molecule has 2 nitrogen and oxygen atoms in total. The van der Waals surface area contributed by atoms with E-state index in [4.69, 9.17) is 23.2 Å². The molecule has 0 atom stereocenters. The van der Waals surface area contributed by atoms with E-state index in [9.17, 15) is 4.79 Å². The number of rotatable bonds is 1. The van der Waals surface area contributed by atoms with Gasteiger partial charge in [-0.15, -0.1) is 0 Å². The zero-order chi connectivity index (χ0) is 9.20. The summed E-state index contributed by atoms with van der Waals surface area (Å²) in [5, 5.41) is 0. The van der Waals surface area contributed by atoms with E-state index in [0.717, 1.165) is 12.8 Å². The smallest absolute Gasteiger partial charge is 0.314 e. The van der Waals surface area contributed by atoms with Crippen LogP contribution in [-0.2, 0) is 9.53 Å². The van der Waals surface area contributed by atoms with E-state index in [0.29, 0.717) is 0 Å². The lowest BCUT2D eigenvalue weighted by atomic mass is 9.35. The molecule has 0 unspecified atom stereocenters. The Morgan fingerprint density at radius 1 is 1.42 bits per heavy atom. The standard InChI is InChI=1S/C8H10Cl2O2/c1-6-3-7(4-6,5(11)12-2)8(6,9)10/h3-4H2,1-2H3. The van der Waals surface area contributed by atoms with Crippen molar-refractivity contribution in [2.24, 2.45) is 10.8 Å². The number of carbonyl (C=O) groups is 1. The Bertz CT molecular complexity index is 254. The molecular weight excluding hydrogens is 199 g/mol. The summed E-state index contributed by atoms with van der Waals surface area (Å²) in [4.78, 5) is 11.3. The SMILES string of the molecule is COC(=O)C12CC(C)(C1)C2(Cl)Cl. The monoisotopic (exact) mass is 208 g/mol. The summed E-state index contributed by atoms with van der Waals surface area (Å²) < 4.78 is 3.77. The Hall–Kier alpha value is 0.0500. The van der Waals surface area contributed by atoms with Crippen LogP contribution in [0.4, 0.5) is 0 Å². The molecule has 0 N–H and O–H groups in total. The van der Waals surface area contributed by atoms with Crippen LogP contribution in [-0.4, -0.2) is 17.4 Å². The minimum atomic E-state index is -0.896. The number of hydrogen-bond donors (Lipinski definition) is 0. The summed E-state index contributed by atoms with van der Waals surface area (Å²) in [5.41, 5.74) is -0.663. The molecule has 0 aromatic rings. The minimum Gasteiger partial charge on any atom is -0.469 e. The van der Waals surface area contributed by atoms with Gasteiger partial charge in [0.15, 0.2) is 0 Å². The third-order valence-electron chi connectivity index (χ3n) is 3.32. The number of carbonyl (C=O) groups excluding carboxylic acids is 1. The lowest BCUT2D eigenvalue weighted by Gasteiger charge is -2.75. The minimum absolute atomic E-state index is 0.0652. The van der Waals surface area contributed by atoms with Gasteiger partial charge in [0, 0.05) is 5.41 Å². The molecule has 3 saturated carbocycles. The first-order valence-corrected chi connectivity index (χ1v) is 4.61. The highest BCUT2D eigenvalue weighted by Crippen LogP contribution is 2.83. The molecule has 0 aliphatic heterocycles. The Kier molecular flexibility index (Phi) is 1.39. The maximum atomic E-state index is 11.3. The van der Waals surface area contributed by atoms with Gasteiger partial charge in [0.2, 0.25) is 0 Å². The van der Waals surface area contributed by atoms with E-state index in [1.807, 2.05) is 6.92 Å². The van der Waals surface area contributed by atoms with Gasteiger partial charge < -0.3 is 4.74 Å². The van der Waals surface area contributed by atoms with Crippen LogP contribution in [0.15, 0.2) is 0 Å². The molecule has 0 amide bonds. The first kappa shape index (κ1) is 8.64. The fourth-order valence-corrected chi connectivity index (χ4v) is 3.25. The number of methoxy groups -OCH3 is 1. The normalized spacial score (nSPS) is 47.3. The zero-order valence-electron chi connectivity index (χ0n) is 6.99. The fourth-order valence-electron chi connectivity index (χ4n) is 2.56. The predicted molar refractivity (Wildman–Crippen MR) is 46.2 cm³/mol. The first-order valence-electron chi connectivity index (χ1n) is 3.86. The van der Waals surface area contributed by atoms with Gasteiger partial charge in [0.1, 0.15) is 9.75 Å². The predicted octanol–water partition coefficient (Wildman–Crippen LogP) is 2.13. The molecule has 0 heterocycles. The van der Waals surface area contributed by atoms with Crippen LogP contribution in [0.5, 0.6) is 0 Å². The van der Waals surface area contributed by atoms with Gasteiger partial charge >= 0.3 is 5.97 Å². The molecule has 0 aromatic heterocycles. The highest BCUT2D eigenvalue weighted by Gasteiger charge is 2.86. The average molecular weight is 209 g/mol. The Morgan fingerprint density at radius 3 is 2.17 bits per heavy atom. The van der Waals surface area contributed by atoms with Gasteiger partial charge in [-0.05, 0) is 12.8 Å². The van der Waals surface area contributed by atoms with Crippen molar-refractivity contribution in [1.82, 2.24) is 0 Å². The lowest BCUT2D eigenvalue weighted by molar-refractivity contribution is -0.226. The van der Waals surface area contributed by atoms with Crippen LogP contribution in [0, 0.1) is 10.8 Å². The molecule has 12 heavy (non-hydrogen) atoms. The van der Waals surface area contributed by atoms with Crippen LogP contribution < -0.4 is 0 Å². The average Bonchev–Trinajstić information content (AvgIpc) is 1.98. The van der Waals surface area contributed by atoms with Crippen molar-refractivity contribution in [3.63, 3.8) is 0 Å². The van der Waals surface area contributed by atoms with Crippen LogP contribution >= 0.6 is 23.2 Å². The van der Waals surface area contributed by atoms with Crippen molar-refractivity contribution in [2.75, 3.05) is 7.11 Å². The van der Waals surface area contributed by atoms with Gasteiger partial charge in [0.25, 0.3) is 0 Å². The maximum absolute atomic E-state index is 11.3. The summed E-state index contributed by atoms with van der Waals surface area (Å²) in [5.74, 6) is -0.267. The molecule has 0 saturated heterocycles. The largest absolute Gasteiger partial charge is 0.469 e. The number of alkyl halides is 2. The van der Waals surface area contributed by atoms with Crippen molar-refractivity contribution in [1.29, 1.82) is 0 Å². The van der Waals surface area contributed by atoms with Crippen LogP contribution in [0.2, 0.25) is 0 Å². The molecule has 0 aromatic carbocycles. The molecular formula is C8H10Cl2O2. The number of esters is 1. The molecule has 4 heteroatoms. The van der Waals surface area contributed by atoms with E-state index in [2.05, 4.69) is 4.74 Å². The van der Waals surface area contributed by atoms with Crippen LogP contribution in [0.1, 0.15) is 19.8 Å². The van der Waals surface area contributed by atoms with Crippen LogP contribution in [0.25, 0.3) is 0 Å². The van der Waals surface area contributed by atoms with Gasteiger partial charge in [0.05, 0.1) is 7.11 Å². The van der Waals surface area contributed by atoms with E-state index < -0.39 is 9.75 Å². The Labute approximate surface area is 81.2 Å². The summed E-state index contributed by atoms with van der Waals surface area (Å²) in [6.07, 6.45) is 1.53. The first-order chi connectivity index (χ1) is 5.40. The van der Waals surface area contributed by atoms with E-state index >= 15 is 0 Å². The van der Waals surface area contributed by atoms with Crippen molar-refractivity contribution in [2.45, 2.75) is 24.1 Å². The molecule has 3 aliphatic carbocycles. The van der Waals surface area contributed by atoms with Gasteiger partial charge in [-0.3, -0.25) is 4.79 Å². The molecule has 3 rings (SSSR count). The molecule has 0 radical (unpaired) electrons. The Balaban J connectivity index is 2.25. The molecule has 3 fully saturated rings. The van der Waals surface area contributed by atoms with Gasteiger partial charge in [-0.25, -0.2) is 0 Å². The second-order valence-corrected chi connectivity index (χ2v) is 5.39. The van der Waals surface area contributed by atoms with E-state index in [1.165, 1.54) is 7.11 Å². The molecule has 2 bridgehead atoms. The molecule has 3 aliphatic rings. The van der Waals surface area contributed by atoms with Crippen LogP contribution in [0.3, 0.4) is 0 Å². The van der Waals surface area contributed by atoms with Gasteiger partial charge in [-0.2, -0.15) is 0 Å². The molecule has 0 spiro atoms.